The van der Waals surface area contributed by atoms with Gasteiger partial charge in [-0.05, 0) is 15.9 Å². The van der Waals surface area contributed by atoms with Crippen LogP contribution in [0.2, 0.25) is 0 Å². The molecule has 0 atom stereocenters. The zero-order chi connectivity index (χ0) is 9.42. The van der Waals surface area contributed by atoms with Gasteiger partial charge in [-0.25, -0.2) is 8.91 Å². The smallest absolute Gasteiger partial charge is 0.218 e. The molecule has 0 aliphatic rings. The van der Waals surface area contributed by atoms with Gasteiger partial charge in [0.2, 0.25) is 4.73 Å². The Hall–Kier alpha value is -1.17. The molecular formula is C7H5BrFN3O. The summed E-state index contributed by atoms with van der Waals surface area (Å²) in [4.78, 5) is 4.00. The lowest BCUT2D eigenvalue weighted by Crippen LogP contribution is -1.93. The fourth-order valence-electron chi connectivity index (χ4n) is 1.05. The second-order valence-corrected chi connectivity index (χ2v) is 3.08. The Bertz CT molecular complexity index is 456. The van der Waals surface area contributed by atoms with Crippen LogP contribution in [0.1, 0.15) is 0 Å². The number of methoxy groups -OCH3 is 1. The summed E-state index contributed by atoms with van der Waals surface area (Å²) in [5, 5.41) is 3.88. The maximum atomic E-state index is 12.9. The van der Waals surface area contributed by atoms with Crippen LogP contribution in [0.5, 0.6) is 5.75 Å². The van der Waals surface area contributed by atoms with Gasteiger partial charge in [-0.1, -0.05) is 0 Å². The topological polar surface area (TPSA) is 39.4 Å². The van der Waals surface area contributed by atoms with Crippen molar-refractivity contribution < 1.29 is 9.13 Å². The van der Waals surface area contributed by atoms with E-state index >= 15 is 0 Å². The van der Waals surface area contributed by atoms with Crippen molar-refractivity contribution in [2.75, 3.05) is 7.11 Å². The lowest BCUT2D eigenvalue weighted by molar-refractivity contribution is 0.412. The molecule has 2 aromatic rings. The first-order valence-corrected chi connectivity index (χ1v) is 4.25. The summed E-state index contributed by atoms with van der Waals surface area (Å²) in [6.45, 7) is 0. The predicted octanol–water partition coefficient (Wildman–Crippen LogP) is 1.64. The molecule has 0 aromatic carbocycles. The van der Waals surface area contributed by atoms with Gasteiger partial charge in [0.1, 0.15) is 5.82 Å². The molecule has 0 N–H and O–H groups in total. The number of aromatic nitrogens is 3. The first-order valence-electron chi connectivity index (χ1n) is 3.46. The van der Waals surface area contributed by atoms with Crippen molar-refractivity contribution in [3.8, 4) is 5.75 Å². The Labute approximate surface area is 81.5 Å². The second-order valence-electron chi connectivity index (χ2n) is 2.38. The maximum absolute atomic E-state index is 12.9. The Morgan fingerprint density at radius 3 is 3.08 bits per heavy atom. The number of rotatable bonds is 1. The van der Waals surface area contributed by atoms with E-state index in [0.717, 1.165) is 0 Å². The van der Waals surface area contributed by atoms with E-state index in [-0.39, 0.29) is 0 Å². The van der Waals surface area contributed by atoms with Gasteiger partial charge in [0.25, 0.3) is 0 Å². The summed E-state index contributed by atoms with van der Waals surface area (Å²) in [6, 6.07) is 1.26. The molecule has 0 aliphatic carbocycles. The van der Waals surface area contributed by atoms with E-state index in [0.29, 0.717) is 16.1 Å². The van der Waals surface area contributed by atoms with E-state index in [2.05, 4.69) is 26.0 Å². The third-order valence-corrected chi connectivity index (χ3v) is 1.90. The summed E-state index contributed by atoms with van der Waals surface area (Å²) in [7, 11) is 1.46. The molecule has 0 spiro atoms. The van der Waals surface area contributed by atoms with Crippen molar-refractivity contribution in [2.45, 2.75) is 0 Å². The summed E-state index contributed by atoms with van der Waals surface area (Å²) < 4.78 is 19.6. The van der Waals surface area contributed by atoms with Crippen molar-refractivity contribution in [1.29, 1.82) is 0 Å². The van der Waals surface area contributed by atoms with Crippen molar-refractivity contribution in [2.24, 2.45) is 0 Å². The van der Waals surface area contributed by atoms with Crippen LogP contribution in [-0.2, 0) is 0 Å². The van der Waals surface area contributed by atoms with Gasteiger partial charge in [-0.15, -0.1) is 5.10 Å². The van der Waals surface area contributed by atoms with Crippen LogP contribution in [0.3, 0.4) is 0 Å². The fourth-order valence-corrected chi connectivity index (χ4v) is 1.39. The van der Waals surface area contributed by atoms with Crippen molar-refractivity contribution in [1.82, 2.24) is 14.6 Å². The highest BCUT2D eigenvalue weighted by atomic mass is 79.9. The molecule has 6 heteroatoms. The van der Waals surface area contributed by atoms with Crippen LogP contribution in [-0.4, -0.2) is 21.7 Å². The Morgan fingerprint density at radius 2 is 2.38 bits per heavy atom. The standard InChI is InChI=1S/C7H5BrFN3O/c1-13-5-2-4(9)3-12-6(5)10-7(8)11-12/h2-3H,1H3. The van der Waals surface area contributed by atoms with E-state index in [9.17, 15) is 4.39 Å². The molecule has 0 radical (unpaired) electrons. The molecule has 0 saturated carbocycles. The predicted molar refractivity (Wildman–Crippen MR) is 47.2 cm³/mol. The summed E-state index contributed by atoms with van der Waals surface area (Å²) in [5.74, 6) is -0.0556. The van der Waals surface area contributed by atoms with E-state index in [1.807, 2.05) is 0 Å². The zero-order valence-corrected chi connectivity index (χ0v) is 8.25. The largest absolute Gasteiger partial charge is 0.493 e. The highest BCUT2D eigenvalue weighted by Gasteiger charge is 2.08. The van der Waals surface area contributed by atoms with Crippen molar-refractivity contribution in [3.63, 3.8) is 0 Å². The average molecular weight is 246 g/mol. The van der Waals surface area contributed by atoms with Crippen LogP contribution in [0.15, 0.2) is 17.0 Å². The van der Waals surface area contributed by atoms with Crippen molar-refractivity contribution in [3.05, 3.63) is 22.8 Å². The number of pyridine rings is 1. The van der Waals surface area contributed by atoms with E-state index in [4.69, 9.17) is 4.74 Å². The molecule has 0 aliphatic heterocycles. The SMILES string of the molecule is COc1cc(F)cn2nc(Br)nc12. The minimum absolute atomic E-state index is 0.359. The Kier molecular flexibility index (Phi) is 1.91. The van der Waals surface area contributed by atoms with Crippen LogP contribution in [0.4, 0.5) is 4.39 Å². The number of ether oxygens (including phenoxy) is 1. The highest BCUT2D eigenvalue weighted by Crippen LogP contribution is 2.20. The third-order valence-electron chi connectivity index (χ3n) is 1.56. The Morgan fingerprint density at radius 1 is 1.62 bits per heavy atom. The number of fused-ring (bicyclic) bond motifs is 1. The molecule has 0 fully saturated rings. The zero-order valence-electron chi connectivity index (χ0n) is 6.66. The number of hydrogen-bond donors (Lipinski definition) is 0. The minimum Gasteiger partial charge on any atom is -0.493 e. The quantitative estimate of drug-likeness (QED) is 0.767. The molecule has 0 saturated heterocycles. The maximum Gasteiger partial charge on any atom is 0.218 e. The first-order chi connectivity index (χ1) is 6.20. The number of halogens is 2. The average Bonchev–Trinajstić information content (AvgIpc) is 2.43. The van der Waals surface area contributed by atoms with Gasteiger partial charge < -0.3 is 4.74 Å². The summed E-state index contributed by atoms with van der Waals surface area (Å²) in [5.41, 5.74) is 0.482. The first kappa shape index (κ1) is 8.43. The fraction of sp³-hybridized carbons (Fsp3) is 0.143. The lowest BCUT2D eigenvalue weighted by atomic mass is 10.4. The van der Waals surface area contributed by atoms with E-state index < -0.39 is 5.82 Å². The van der Waals surface area contributed by atoms with E-state index in [1.54, 1.807) is 0 Å². The van der Waals surface area contributed by atoms with Crippen LogP contribution < -0.4 is 4.74 Å². The van der Waals surface area contributed by atoms with Crippen molar-refractivity contribution >= 4 is 21.6 Å². The normalized spacial score (nSPS) is 10.7. The molecule has 0 bridgehead atoms. The molecule has 2 heterocycles. The van der Waals surface area contributed by atoms with Gasteiger partial charge in [-0.2, -0.15) is 4.98 Å². The molecule has 68 valence electrons. The Balaban J connectivity index is 2.80. The monoisotopic (exact) mass is 245 g/mol. The third kappa shape index (κ3) is 1.37. The van der Waals surface area contributed by atoms with Crippen LogP contribution in [0, 0.1) is 5.82 Å². The molecule has 0 amide bonds. The molecule has 4 nitrogen and oxygen atoms in total. The lowest BCUT2D eigenvalue weighted by Gasteiger charge is -2.00. The van der Waals surface area contributed by atoms with Crippen LogP contribution in [0.25, 0.3) is 5.65 Å². The van der Waals surface area contributed by atoms with E-state index in [1.165, 1.54) is 23.9 Å². The van der Waals surface area contributed by atoms with Gasteiger partial charge in [0, 0.05) is 6.07 Å². The highest BCUT2D eigenvalue weighted by molar-refractivity contribution is 9.10. The minimum atomic E-state index is -0.415. The van der Waals surface area contributed by atoms with Gasteiger partial charge in [0.15, 0.2) is 11.4 Å². The van der Waals surface area contributed by atoms with Crippen LogP contribution >= 0.6 is 15.9 Å². The molecule has 2 rings (SSSR count). The van der Waals surface area contributed by atoms with Gasteiger partial charge >= 0.3 is 0 Å². The van der Waals surface area contributed by atoms with Gasteiger partial charge in [0.05, 0.1) is 13.3 Å². The number of nitrogens with zero attached hydrogens (tertiary/aromatic N) is 3. The van der Waals surface area contributed by atoms with Gasteiger partial charge in [-0.3, -0.25) is 0 Å². The second kappa shape index (κ2) is 2.95. The summed E-state index contributed by atoms with van der Waals surface area (Å²) in [6.07, 6.45) is 1.23. The molecule has 13 heavy (non-hydrogen) atoms. The summed E-state index contributed by atoms with van der Waals surface area (Å²) >= 11 is 3.09. The molecular weight excluding hydrogens is 241 g/mol. The molecule has 0 unspecified atom stereocenters. The molecule has 2 aromatic heterocycles. The number of hydrogen-bond acceptors (Lipinski definition) is 3.